The molecule has 2 fully saturated rings. The lowest BCUT2D eigenvalue weighted by Crippen LogP contribution is -2.45. The van der Waals surface area contributed by atoms with Crippen LogP contribution in [-0.2, 0) is 14.3 Å². The van der Waals surface area contributed by atoms with Gasteiger partial charge in [-0.3, -0.25) is 4.79 Å². The second kappa shape index (κ2) is 10.3. The van der Waals surface area contributed by atoms with E-state index in [1.807, 2.05) is 20.8 Å². The van der Waals surface area contributed by atoms with Gasteiger partial charge in [-0.05, 0) is 46.0 Å². The molecule has 7 heteroatoms. The quantitative estimate of drug-likeness (QED) is 0.586. The minimum Gasteiger partial charge on any atom is -0.444 e. The second-order valence-electron chi connectivity index (χ2n) is 8.77. The van der Waals surface area contributed by atoms with Crippen LogP contribution < -0.4 is 16.4 Å². The molecule has 3 atom stereocenters. The summed E-state index contributed by atoms with van der Waals surface area (Å²) in [5.74, 6) is 0.385. The number of epoxide rings is 1. The maximum Gasteiger partial charge on any atom is 0.407 e. The SMILES string of the molecule is CC(C)(C)OC(=O)NCC[C@H](NC(=O)CN)C1OC1C1CCCCCCC1. The van der Waals surface area contributed by atoms with E-state index in [0.717, 1.165) is 0 Å². The number of carbonyl (C=O) groups is 2. The minimum atomic E-state index is -0.528. The number of hydrogen-bond donors (Lipinski definition) is 3. The topological polar surface area (TPSA) is 106 Å². The van der Waals surface area contributed by atoms with Gasteiger partial charge in [0.05, 0.1) is 18.7 Å². The average molecular weight is 384 g/mol. The molecule has 1 aliphatic carbocycles. The van der Waals surface area contributed by atoms with Crippen LogP contribution in [-0.4, -0.2) is 48.9 Å². The molecule has 1 saturated heterocycles. The van der Waals surface area contributed by atoms with Crippen LogP contribution in [0, 0.1) is 5.92 Å². The predicted octanol–water partition coefficient (Wildman–Crippen LogP) is 2.47. The minimum absolute atomic E-state index is 0.0189. The number of nitrogens with two attached hydrogens (primary N) is 1. The lowest BCUT2D eigenvalue weighted by atomic mass is 9.86. The molecule has 2 aliphatic rings. The van der Waals surface area contributed by atoms with E-state index in [1.54, 1.807) is 0 Å². The molecule has 156 valence electrons. The molecule has 1 saturated carbocycles. The van der Waals surface area contributed by atoms with Gasteiger partial charge in [0.1, 0.15) is 11.7 Å². The zero-order chi connectivity index (χ0) is 19.9. The van der Waals surface area contributed by atoms with Gasteiger partial charge >= 0.3 is 6.09 Å². The van der Waals surface area contributed by atoms with Crippen molar-refractivity contribution < 1.29 is 19.1 Å². The smallest absolute Gasteiger partial charge is 0.407 e. The first-order valence-electron chi connectivity index (χ1n) is 10.4. The van der Waals surface area contributed by atoms with Crippen LogP contribution in [0.1, 0.15) is 72.1 Å². The van der Waals surface area contributed by atoms with Gasteiger partial charge in [-0.2, -0.15) is 0 Å². The maximum atomic E-state index is 11.8. The summed E-state index contributed by atoms with van der Waals surface area (Å²) in [7, 11) is 0. The lowest BCUT2D eigenvalue weighted by Gasteiger charge is -2.22. The maximum absolute atomic E-state index is 11.8. The summed E-state index contributed by atoms with van der Waals surface area (Å²) in [4.78, 5) is 23.6. The van der Waals surface area contributed by atoms with Crippen molar-refractivity contribution in [2.24, 2.45) is 11.7 Å². The predicted molar refractivity (Wildman–Crippen MR) is 104 cm³/mol. The van der Waals surface area contributed by atoms with Gasteiger partial charge < -0.3 is 25.8 Å². The van der Waals surface area contributed by atoms with E-state index < -0.39 is 11.7 Å². The Morgan fingerprint density at radius 1 is 1.15 bits per heavy atom. The van der Waals surface area contributed by atoms with E-state index in [9.17, 15) is 9.59 Å². The lowest BCUT2D eigenvalue weighted by molar-refractivity contribution is -0.120. The van der Waals surface area contributed by atoms with Crippen LogP contribution in [0.3, 0.4) is 0 Å². The van der Waals surface area contributed by atoms with E-state index in [2.05, 4.69) is 10.6 Å². The van der Waals surface area contributed by atoms with E-state index >= 15 is 0 Å². The molecule has 2 unspecified atom stereocenters. The number of amides is 2. The van der Waals surface area contributed by atoms with Crippen LogP contribution in [0.25, 0.3) is 0 Å². The first kappa shape index (κ1) is 22.0. The third kappa shape index (κ3) is 8.05. The fourth-order valence-corrected chi connectivity index (χ4v) is 3.88. The summed E-state index contributed by atoms with van der Waals surface area (Å²) in [6, 6.07) is -0.133. The summed E-state index contributed by atoms with van der Waals surface area (Å²) in [6.07, 6.45) is 9.27. The molecule has 0 bridgehead atoms. The molecule has 1 heterocycles. The van der Waals surface area contributed by atoms with Gasteiger partial charge in [0.15, 0.2) is 0 Å². The fourth-order valence-electron chi connectivity index (χ4n) is 3.88. The summed E-state index contributed by atoms with van der Waals surface area (Å²) >= 11 is 0. The van der Waals surface area contributed by atoms with Crippen molar-refractivity contribution in [3.05, 3.63) is 0 Å². The van der Waals surface area contributed by atoms with Crippen molar-refractivity contribution in [2.45, 2.75) is 96.0 Å². The normalized spacial score (nSPS) is 25.0. The standard InChI is InChI=1S/C20H37N3O4/c1-20(2,3)27-19(25)22-12-11-15(23-16(24)13-21)18-17(26-18)14-9-7-5-4-6-8-10-14/h14-15,17-18H,4-13,21H2,1-3H3,(H,22,25)(H,23,24)/t15-,17?,18?/m0/s1. The van der Waals surface area contributed by atoms with Crippen molar-refractivity contribution in [3.8, 4) is 0 Å². The Morgan fingerprint density at radius 3 is 2.37 bits per heavy atom. The molecule has 0 aromatic rings. The number of rotatable bonds is 7. The van der Waals surface area contributed by atoms with E-state index in [-0.39, 0.29) is 30.7 Å². The summed E-state index contributed by atoms with van der Waals surface area (Å²) in [5, 5.41) is 5.72. The Bertz CT molecular complexity index is 484. The van der Waals surface area contributed by atoms with E-state index in [0.29, 0.717) is 18.9 Å². The first-order chi connectivity index (χ1) is 12.8. The van der Waals surface area contributed by atoms with Crippen molar-refractivity contribution >= 4 is 12.0 Å². The molecular weight excluding hydrogens is 346 g/mol. The number of hydrogen-bond acceptors (Lipinski definition) is 5. The zero-order valence-corrected chi connectivity index (χ0v) is 17.1. The molecule has 0 spiro atoms. The van der Waals surface area contributed by atoms with Gasteiger partial charge in [-0.25, -0.2) is 4.79 Å². The van der Waals surface area contributed by atoms with Gasteiger partial charge in [0.25, 0.3) is 0 Å². The van der Waals surface area contributed by atoms with Gasteiger partial charge in [-0.1, -0.05) is 32.1 Å². The first-order valence-corrected chi connectivity index (χ1v) is 10.4. The van der Waals surface area contributed by atoms with Gasteiger partial charge in [-0.15, -0.1) is 0 Å². The Morgan fingerprint density at radius 2 is 1.78 bits per heavy atom. The molecule has 7 nitrogen and oxygen atoms in total. The van der Waals surface area contributed by atoms with Crippen molar-refractivity contribution in [1.82, 2.24) is 10.6 Å². The summed E-state index contributed by atoms with van der Waals surface area (Å²) in [5.41, 5.74) is 4.93. The molecule has 4 N–H and O–H groups in total. The van der Waals surface area contributed by atoms with Crippen LogP contribution in [0.15, 0.2) is 0 Å². The Labute approximate surface area is 163 Å². The Balaban J connectivity index is 1.83. The third-order valence-corrected chi connectivity index (χ3v) is 5.23. The number of alkyl carbamates (subject to hydrolysis) is 1. The molecule has 27 heavy (non-hydrogen) atoms. The van der Waals surface area contributed by atoms with Crippen LogP contribution in [0.5, 0.6) is 0 Å². The second-order valence-corrected chi connectivity index (χ2v) is 8.77. The zero-order valence-electron chi connectivity index (χ0n) is 17.1. The Kier molecular flexibility index (Phi) is 8.35. The van der Waals surface area contributed by atoms with Gasteiger partial charge in [0, 0.05) is 6.54 Å². The summed E-state index contributed by atoms with van der Waals surface area (Å²) in [6.45, 7) is 5.86. The molecule has 0 aromatic carbocycles. The van der Waals surface area contributed by atoms with Crippen molar-refractivity contribution in [2.75, 3.05) is 13.1 Å². The highest BCUT2D eigenvalue weighted by Gasteiger charge is 2.49. The highest BCUT2D eigenvalue weighted by atomic mass is 16.6. The number of nitrogens with one attached hydrogen (secondary N) is 2. The van der Waals surface area contributed by atoms with Crippen LogP contribution >= 0.6 is 0 Å². The number of ether oxygens (including phenoxy) is 2. The highest BCUT2D eigenvalue weighted by molar-refractivity contribution is 5.78. The highest BCUT2D eigenvalue weighted by Crippen LogP contribution is 2.39. The average Bonchev–Trinajstić information content (AvgIpc) is 3.32. The monoisotopic (exact) mass is 383 g/mol. The molecule has 0 aromatic heterocycles. The van der Waals surface area contributed by atoms with E-state index in [1.165, 1.54) is 44.9 Å². The van der Waals surface area contributed by atoms with Crippen LogP contribution in [0.2, 0.25) is 0 Å². The molecule has 1 aliphatic heterocycles. The number of carbonyl (C=O) groups excluding carboxylic acids is 2. The third-order valence-electron chi connectivity index (χ3n) is 5.23. The summed E-state index contributed by atoms with van der Waals surface area (Å²) < 4.78 is 11.3. The van der Waals surface area contributed by atoms with Gasteiger partial charge in [0.2, 0.25) is 5.91 Å². The molecule has 2 rings (SSSR count). The van der Waals surface area contributed by atoms with Crippen molar-refractivity contribution in [1.29, 1.82) is 0 Å². The van der Waals surface area contributed by atoms with E-state index in [4.69, 9.17) is 15.2 Å². The van der Waals surface area contributed by atoms with Crippen molar-refractivity contribution in [3.63, 3.8) is 0 Å². The molecular formula is C20H37N3O4. The fraction of sp³-hybridized carbons (Fsp3) is 0.900. The molecule has 2 amide bonds. The molecule has 0 radical (unpaired) electrons. The Hall–Kier alpha value is -1.34. The van der Waals surface area contributed by atoms with Crippen LogP contribution in [0.4, 0.5) is 4.79 Å². The largest absolute Gasteiger partial charge is 0.444 e.